The Hall–Kier alpha value is -3.91. The monoisotopic (exact) mass is 502 g/mol. The molecule has 0 aliphatic heterocycles. The van der Waals surface area contributed by atoms with E-state index in [0.29, 0.717) is 39.2 Å². The van der Waals surface area contributed by atoms with E-state index in [0.717, 1.165) is 29.3 Å². The predicted molar refractivity (Wildman–Crippen MR) is 138 cm³/mol. The third-order valence-electron chi connectivity index (χ3n) is 6.85. The van der Waals surface area contributed by atoms with Crippen LogP contribution in [0.5, 0.6) is 5.75 Å². The summed E-state index contributed by atoms with van der Waals surface area (Å²) in [6.07, 6.45) is 3.74. The normalized spacial score (nSPS) is 17.7. The summed E-state index contributed by atoms with van der Waals surface area (Å²) in [7, 11) is 0. The molecule has 5 aromatic rings. The zero-order chi connectivity index (χ0) is 24.8. The molecule has 1 fully saturated rings. The SMILES string of the molecule is Cc1onc2c1c(=O)n(C1CCC(NC(=O)COc3cnc4ccccc4c3)C1)c1cccc(Cl)c21. The van der Waals surface area contributed by atoms with Crippen molar-refractivity contribution in [1.29, 1.82) is 0 Å². The van der Waals surface area contributed by atoms with Crippen LogP contribution in [0.1, 0.15) is 31.1 Å². The van der Waals surface area contributed by atoms with E-state index in [1.807, 2.05) is 42.5 Å². The van der Waals surface area contributed by atoms with Crippen molar-refractivity contribution in [2.24, 2.45) is 0 Å². The average Bonchev–Trinajstić information content (AvgIpc) is 3.49. The Morgan fingerprint density at radius 2 is 2.06 bits per heavy atom. The average molecular weight is 503 g/mol. The van der Waals surface area contributed by atoms with Crippen molar-refractivity contribution in [2.45, 2.75) is 38.3 Å². The largest absolute Gasteiger partial charge is 0.482 e. The first-order valence-electron chi connectivity index (χ1n) is 11.9. The molecule has 0 radical (unpaired) electrons. The number of hydrogen-bond donors (Lipinski definition) is 1. The molecule has 3 aromatic heterocycles. The molecule has 0 saturated heterocycles. The number of ether oxygens (including phenoxy) is 1. The number of halogens is 1. The molecular formula is C27H23ClN4O4. The standard InChI is InChI=1S/C27H23ClN4O4/c1-15-24-26(31-36-15)25-20(28)6-4-8-22(25)32(27(24)34)18-10-9-17(12-18)30-23(33)14-35-19-11-16-5-2-3-7-21(16)29-13-19/h2-8,11,13,17-18H,9-10,12,14H2,1H3,(H,30,33). The molecule has 182 valence electrons. The Balaban J connectivity index is 1.19. The lowest BCUT2D eigenvalue weighted by Gasteiger charge is -2.19. The molecule has 1 aliphatic rings. The van der Waals surface area contributed by atoms with E-state index in [4.69, 9.17) is 20.9 Å². The van der Waals surface area contributed by atoms with Crippen LogP contribution in [0.2, 0.25) is 5.02 Å². The van der Waals surface area contributed by atoms with Crippen LogP contribution in [-0.4, -0.2) is 33.3 Å². The van der Waals surface area contributed by atoms with Crippen LogP contribution in [0.15, 0.2) is 64.0 Å². The second kappa shape index (κ2) is 8.95. The number of amides is 1. The Labute approximate surface area is 210 Å². The highest BCUT2D eigenvalue weighted by molar-refractivity contribution is 6.37. The second-order valence-electron chi connectivity index (χ2n) is 9.16. The summed E-state index contributed by atoms with van der Waals surface area (Å²) in [5.41, 5.74) is 1.92. The smallest absolute Gasteiger partial charge is 0.264 e. The van der Waals surface area contributed by atoms with Gasteiger partial charge in [-0.2, -0.15) is 0 Å². The van der Waals surface area contributed by atoms with Gasteiger partial charge in [-0.25, -0.2) is 0 Å². The Morgan fingerprint density at radius 3 is 2.94 bits per heavy atom. The number of aromatic nitrogens is 3. The van der Waals surface area contributed by atoms with Gasteiger partial charge in [0.2, 0.25) is 0 Å². The van der Waals surface area contributed by atoms with Crippen LogP contribution in [0.4, 0.5) is 0 Å². The van der Waals surface area contributed by atoms with E-state index in [2.05, 4.69) is 15.5 Å². The summed E-state index contributed by atoms with van der Waals surface area (Å²) in [6.45, 7) is 1.62. The van der Waals surface area contributed by atoms with Gasteiger partial charge in [0.05, 0.1) is 22.3 Å². The maximum Gasteiger partial charge on any atom is 0.264 e. The van der Waals surface area contributed by atoms with Gasteiger partial charge in [-0.15, -0.1) is 0 Å². The van der Waals surface area contributed by atoms with Crippen LogP contribution < -0.4 is 15.6 Å². The number of carbonyl (C=O) groups is 1. The zero-order valence-corrected chi connectivity index (χ0v) is 20.3. The maximum atomic E-state index is 13.5. The number of rotatable bonds is 5. The van der Waals surface area contributed by atoms with E-state index < -0.39 is 0 Å². The number of pyridine rings is 2. The minimum Gasteiger partial charge on any atom is -0.482 e. The summed E-state index contributed by atoms with van der Waals surface area (Å²) >= 11 is 6.52. The molecule has 1 N–H and O–H groups in total. The van der Waals surface area contributed by atoms with E-state index in [1.165, 1.54) is 0 Å². The highest BCUT2D eigenvalue weighted by atomic mass is 35.5. The van der Waals surface area contributed by atoms with Gasteiger partial charge in [0.1, 0.15) is 22.4 Å². The lowest BCUT2D eigenvalue weighted by atomic mass is 10.1. The highest BCUT2D eigenvalue weighted by Gasteiger charge is 2.30. The molecule has 2 atom stereocenters. The number of aryl methyl sites for hydroxylation is 1. The molecule has 1 saturated carbocycles. The molecule has 8 nitrogen and oxygen atoms in total. The summed E-state index contributed by atoms with van der Waals surface area (Å²) in [6, 6.07) is 14.9. The highest BCUT2D eigenvalue weighted by Crippen LogP contribution is 2.36. The van der Waals surface area contributed by atoms with E-state index in [1.54, 1.807) is 23.8 Å². The fourth-order valence-corrected chi connectivity index (χ4v) is 5.47. The molecule has 6 rings (SSSR count). The summed E-state index contributed by atoms with van der Waals surface area (Å²) in [4.78, 5) is 30.5. The summed E-state index contributed by atoms with van der Waals surface area (Å²) < 4.78 is 12.8. The number of fused-ring (bicyclic) bond motifs is 4. The second-order valence-corrected chi connectivity index (χ2v) is 9.56. The van der Waals surface area contributed by atoms with Crippen molar-refractivity contribution < 1.29 is 14.1 Å². The lowest BCUT2D eigenvalue weighted by Crippen LogP contribution is -2.36. The van der Waals surface area contributed by atoms with E-state index in [-0.39, 0.29) is 30.2 Å². The van der Waals surface area contributed by atoms with E-state index >= 15 is 0 Å². The molecule has 0 spiro atoms. The van der Waals surface area contributed by atoms with Gasteiger partial charge in [-0.05, 0) is 50.5 Å². The van der Waals surface area contributed by atoms with E-state index in [9.17, 15) is 9.59 Å². The molecule has 2 aromatic carbocycles. The first-order chi connectivity index (χ1) is 17.5. The van der Waals surface area contributed by atoms with Gasteiger partial charge >= 0.3 is 0 Å². The number of benzene rings is 2. The minimum absolute atomic E-state index is 0.0683. The molecule has 1 aliphatic carbocycles. The van der Waals surface area contributed by atoms with Gasteiger partial charge in [-0.1, -0.05) is 41.0 Å². The van der Waals surface area contributed by atoms with Crippen molar-refractivity contribution >= 4 is 50.2 Å². The van der Waals surface area contributed by atoms with Crippen molar-refractivity contribution in [3.63, 3.8) is 0 Å². The Kier molecular flexibility index (Phi) is 5.60. The third-order valence-corrected chi connectivity index (χ3v) is 7.17. The van der Waals surface area contributed by atoms with Crippen LogP contribution in [0.3, 0.4) is 0 Å². The molecule has 9 heteroatoms. The van der Waals surface area contributed by atoms with Gasteiger partial charge in [-0.3, -0.25) is 14.6 Å². The lowest BCUT2D eigenvalue weighted by molar-refractivity contribution is -0.123. The molecule has 1 amide bonds. The van der Waals surface area contributed by atoms with Gasteiger partial charge in [0.15, 0.2) is 6.61 Å². The predicted octanol–water partition coefficient (Wildman–Crippen LogP) is 4.94. The minimum atomic E-state index is -0.209. The van der Waals surface area contributed by atoms with Crippen molar-refractivity contribution in [1.82, 2.24) is 20.0 Å². The first kappa shape index (κ1) is 22.5. The van der Waals surface area contributed by atoms with Crippen LogP contribution in [-0.2, 0) is 4.79 Å². The number of nitrogens with zero attached hydrogens (tertiary/aromatic N) is 3. The Morgan fingerprint density at radius 1 is 1.19 bits per heavy atom. The van der Waals surface area contributed by atoms with Gasteiger partial charge in [0, 0.05) is 22.9 Å². The Bertz CT molecular complexity index is 1690. The number of carbonyl (C=O) groups excluding carboxylic acids is 1. The number of nitrogens with one attached hydrogen (secondary N) is 1. The number of para-hydroxylation sites is 1. The van der Waals surface area contributed by atoms with Crippen LogP contribution >= 0.6 is 11.6 Å². The van der Waals surface area contributed by atoms with Crippen LogP contribution in [0, 0.1) is 6.92 Å². The van der Waals surface area contributed by atoms with Gasteiger partial charge < -0.3 is 19.1 Å². The molecule has 0 bridgehead atoms. The fourth-order valence-electron chi connectivity index (χ4n) is 5.21. The summed E-state index contributed by atoms with van der Waals surface area (Å²) in [5, 5.41) is 9.77. The fraction of sp³-hybridized carbons (Fsp3) is 0.259. The first-order valence-corrected chi connectivity index (χ1v) is 12.2. The molecule has 36 heavy (non-hydrogen) atoms. The quantitative estimate of drug-likeness (QED) is 0.365. The molecule has 3 heterocycles. The topological polar surface area (TPSA) is 99.2 Å². The maximum absolute atomic E-state index is 13.5. The van der Waals surface area contributed by atoms with Crippen LogP contribution in [0.25, 0.3) is 32.7 Å². The third kappa shape index (κ3) is 3.87. The summed E-state index contributed by atoms with van der Waals surface area (Å²) in [5.74, 6) is 0.800. The number of hydrogen-bond acceptors (Lipinski definition) is 6. The molecule has 2 unspecified atom stereocenters. The van der Waals surface area contributed by atoms with Crippen molar-refractivity contribution in [3.8, 4) is 5.75 Å². The zero-order valence-electron chi connectivity index (χ0n) is 19.5. The molecular weight excluding hydrogens is 480 g/mol. The van der Waals surface area contributed by atoms with Gasteiger partial charge in [0.25, 0.3) is 11.5 Å². The van der Waals surface area contributed by atoms with Crippen molar-refractivity contribution in [3.05, 3.63) is 75.9 Å². The van der Waals surface area contributed by atoms with Crippen molar-refractivity contribution in [2.75, 3.05) is 6.61 Å².